The van der Waals surface area contributed by atoms with Crippen molar-refractivity contribution >= 4 is 34.8 Å². The molecule has 1 aromatic heterocycles. The van der Waals surface area contributed by atoms with Crippen LogP contribution in [-0.4, -0.2) is 75.7 Å². The lowest BCUT2D eigenvalue weighted by Crippen LogP contribution is -2.56. The molecule has 12 heteroatoms. The van der Waals surface area contributed by atoms with Crippen molar-refractivity contribution in [1.29, 1.82) is 0 Å². The summed E-state index contributed by atoms with van der Waals surface area (Å²) in [7, 11) is 0. The third-order valence-corrected chi connectivity index (χ3v) is 9.01. The number of aryl methyl sites for hydroxylation is 2. The second-order valence-electron chi connectivity index (χ2n) is 13.4. The summed E-state index contributed by atoms with van der Waals surface area (Å²) in [5.41, 5.74) is -1.42. The monoisotopic (exact) mass is 638 g/mol. The molecule has 3 aliphatic rings. The number of nitrogens with one attached hydrogen (secondary N) is 2. The lowest BCUT2D eigenvalue weighted by atomic mass is 9.87. The zero-order valence-electron chi connectivity index (χ0n) is 27.3. The smallest absolute Gasteiger partial charge is 0.408 e. The molecule has 3 amide bonds. The van der Waals surface area contributed by atoms with Gasteiger partial charge in [-0.3, -0.25) is 9.59 Å². The predicted molar refractivity (Wildman–Crippen MR) is 167 cm³/mol. The molecule has 0 bridgehead atoms. The van der Waals surface area contributed by atoms with E-state index in [0.717, 1.165) is 5.56 Å². The molecule has 1 saturated carbocycles. The third-order valence-electron chi connectivity index (χ3n) is 9.01. The van der Waals surface area contributed by atoms with Crippen LogP contribution in [0.2, 0.25) is 0 Å². The van der Waals surface area contributed by atoms with Crippen LogP contribution in [0.15, 0.2) is 30.9 Å². The van der Waals surface area contributed by atoms with Crippen LogP contribution in [0.25, 0.3) is 10.9 Å². The minimum atomic E-state index is -1.26. The van der Waals surface area contributed by atoms with E-state index in [9.17, 15) is 23.6 Å². The van der Waals surface area contributed by atoms with E-state index in [4.69, 9.17) is 14.2 Å². The van der Waals surface area contributed by atoms with Crippen LogP contribution in [0, 0.1) is 18.7 Å². The van der Waals surface area contributed by atoms with Gasteiger partial charge in [-0.1, -0.05) is 25.1 Å². The quantitative estimate of drug-likeness (QED) is 0.323. The van der Waals surface area contributed by atoms with E-state index >= 15 is 0 Å². The second kappa shape index (κ2) is 12.2. The van der Waals surface area contributed by atoms with Gasteiger partial charge >= 0.3 is 12.1 Å². The van der Waals surface area contributed by atoms with E-state index in [2.05, 4.69) is 22.2 Å². The number of fused-ring (bicyclic) bond motifs is 3. The maximum atomic E-state index is 14.6. The van der Waals surface area contributed by atoms with Crippen LogP contribution in [0.3, 0.4) is 0 Å². The molecule has 1 unspecified atom stereocenters. The number of rotatable bonds is 8. The Morgan fingerprint density at radius 2 is 1.98 bits per heavy atom. The molecule has 11 nitrogen and oxygen atoms in total. The Hall–Kier alpha value is -4.22. The van der Waals surface area contributed by atoms with E-state index in [1.807, 2.05) is 0 Å². The number of ether oxygens (including phenoxy) is 3. The van der Waals surface area contributed by atoms with Crippen LogP contribution in [0.5, 0.6) is 5.75 Å². The SMILES string of the molecule is C=CC1C[C@]1(NC(=O)[C@@H]1C[C@]2(CCc3c(c(C)nc4c(F)cccc34)O2)CN1C(=O)[C@H](CC)NC(=O)OC(C)(C)C)C(=O)OCC. The summed E-state index contributed by atoms with van der Waals surface area (Å²) in [5.74, 6) is -1.78. The average molecular weight is 639 g/mol. The van der Waals surface area contributed by atoms with Crippen molar-refractivity contribution in [2.75, 3.05) is 13.2 Å². The van der Waals surface area contributed by atoms with Gasteiger partial charge in [0.2, 0.25) is 11.8 Å². The van der Waals surface area contributed by atoms with E-state index in [0.29, 0.717) is 36.1 Å². The van der Waals surface area contributed by atoms with Crippen LogP contribution < -0.4 is 15.4 Å². The predicted octanol–water partition coefficient (Wildman–Crippen LogP) is 4.27. The Bertz CT molecular complexity index is 1590. The van der Waals surface area contributed by atoms with Crippen LogP contribution in [0.4, 0.5) is 9.18 Å². The van der Waals surface area contributed by atoms with E-state index in [1.54, 1.807) is 59.8 Å². The van der Waals surface area contributed by atoms with Crippen LogP contribution >= 0.6 is 0 Å². The molecule has 1 saturated heterocycles. The van der Waals surface area contributed by atoms with Gasteiger partial charge in [-0.2, -0.15) is 0 Å². The highest BCUT2D eigenvalue weighted by Gasteiger charge is 2.63. The number of likely N-dealkylation sites (tertiary alicyclic amines) is 1. The van der Waals surface area contributed by atoms with Gasteiger partial charge in [0.1, 0.15) is 45.9 Å². The number of carbonyl (C=O) groups excluding carboxylic acids is 4. The van der Waals surface area contributed by atoms with Gasteiger partial charge < -0.3 is 29.7 Å². The first kappa shape index (κ1) is 33.2. The Morgan fingerprint density at radius 1 is 1.24 bits per heavy atom. The van der Waals surface area contributed by atoms with E-state index in [-0.39, 0.29) is 37.4 Å². The van der Waals surface area contributed by atoms with Crippen molar-refractivity contribution in [2.45, 2.75) is 102 Å². The van der Waals surface area contributed by atoms with Crippen molar-refractivity contribution in [3.05, 3.63) is 47.9 Å². The molecule has 1 aromatic carbocycles. The Balaban J connectivity index is 1.47. The first-order valence-electron chi connectivity index (χ1n) is 15.9. The zero-order valence-corrected chi connectivity index (χ0v) is 27.3. The van der Waals surface area contributed by atoms with Gasteiger partial charge in [-0.05, 0) is 66.4 Å². The molecule has 2 aliphatic heterocycles. The highest BCUT2D eigenvalue weighted by molar-refractivity contribution is 5.97. The molecule has 0 radical (unpaired) electrons. The third kappa shape index (κ3) is 6.13. The molecule has 2 aromatic rings. The minimum absolute atomic E-state index is 0.0494. The van der Waals surface area contributed by atoms with Crippen molar-refractivity contribution in [3.63, 3.8) is 0 Å². The fourth-order valence-electron chi connectivity index (χ4n) is 6.66. The van der Waals surface area contributed by atoms with Gasteiger partial charge in [0.15, 0.2) is 0 Å². The largest absolute Gasteiger partial charge is 0.483 e. The highest BCUT2D eigenvalue weighted by atomic mass is 19.1. The summed E-state index contributed by atoms with van der Waals surface area (Å²) in [5, 5.41) is 6.20. The molecule has 2 N–H and O–H groups in total. The molecule has 5 atom stereocenters. The normalized spacial score (nSPS) is 25.7. The van der Waals surface area contributed by atoms with Gasteiger partial charge in [0, 0.05) is 23.3 Å². The maximum absolute atomic E-state index is 14.6. The fourth-order valence-corrected chi connectivity index (χ4v) is 6.66. The maximum Gasteiger partial charge on any atom is 0.408 e. The number of nitrogens with zero attached hydrogens (tertiary/aromatic N) is 2. The summed E-state index contributed by atoms with van der Waals surface area (Å²) in [6.45, 7) is 14.3. The number of para-hydroxylation sites is 1. The molecule has 1 aliphatic carbocycles. The van der Waals surface area contributed by atoms with Crippen LogP contribution in [0.1, 0.15) is 71.6 Å². The second-order valence-corrected chi connectivity index (χ2v) is 13.4. The lowest BCUT2D eigenvalue weighted by Gasteiger charge is -2.36. The number of alkyl carbamates (subject to hydrolysis) is 1. The highest BCUT2D eigenvalue weighted by Crippen LogP contribution is 2.47. The zero-order chi connectivity index (χ0) is 33.6. The number of hydrogen-bond acceptors (Lipinski definition) is 8. The number of pyridine rings is 1. The topological polar surface area (TPSA) is 136 Å². The van der Waals surface area contributed by atoms with Gasteiger partial charge in [0.05, 0.1) is 18.8 Å². The Labute approximate surface area is 268 Å². The summed E-state index contributed by atoms with van der Waals surface area (Å²) in [6, 6.07) is 2.80. The number of halogens is 1. The average Bonchev–Trinajstić information content (AvgIpc) is 3.59. The van der Waals surface area contributed by atoms with Gasteiger partial charge in [-0.15, -0.1) is 6.58 Å². The minimum Gasteiger partial charge on any atom is -0.483 e. The summed E-state index contributed by atoms with van der Waals surface area (Å²) in [4.78, 5) is 59.8. The van der Waals surface area contributed by atoms with Crippen molar-refractivity contribution < 1.29 is 37.8 Å². The van der Waals surface area contributed by atoms with Crippen LogP contribution in [-0.2, 0) is 30.3 Å². The molecule has 5 rings (SSSR count). The lowest BCUT2D eigenvalue weighted by molar-refractivity contribution is -0.150. The molecule has 248 valence electrons. The van der Waals surface area contributed by atoms with Crippen molar-refractivity contribution in [2.24, 2.45) is 5.92 Å². The molecule has 3 heterocycles. The number of amides is 3. The number of aromatic nitrogens is 1. The molecule has 2 fully saturated rings. The standard InChI is InChI=1S/C34H43FN4O7/c1-8-20-16-34(20,30(42)44-10-3)38-28(40)25-17-33(18-39(25)29(41)24(9-2)37-31(43)46-32(5,6)7)15-14-22-21-12-11-13-23(35)26(21)36-19(4)27(22)45-33/h8,11-13,20,24-25H,1,9-10,14-18H2,2-7H3,(H,37,43)(H,38,40)/t20?,24-,25-,33+,34+/m0/s1. The first-order valence-corrected chi connectivity index (χ1v) is 15.9. The van der Waals surface area contributed by atoms with E-state index < -0.39 is 58.5 Å². The number of benzene rings is 1. The number of hydrogen-bond donors (Lipinski definition) is 2. The van der Waals surface area contributed by atoms with Crippen molar-refractivity contribution in [1.82, 2.24) is 20.5 Å². The fraction of sp³-hybridized carbons (Fsp3) is 0.559. The Morgan fingerprint density at radius 3 is 2.61 bits per heavy atom. The van der Waals surface area contributed by atoms with E-state index in [1.165, 1.54) is 11.0 Å². The first-order chi connectivity index (χ1) is 21.7. The summed E-state index contributed by atoms with van der Waals surface area (Å²) < 4.78 is 32.0. The molecular formula is C34H43FN4O7. The molecule has 1 spiro atoms. The summed E-state index contributed by atoms with van der Waals surface area (Å²) in [6.07, 6.45) is 2.52. The van der Waals surface area contributed by atoms with Gasteiger partial charge in [-0.25, -0.2) is 19.0 Å². The molecular weight excluding hydrogens is 595 g/mol. The Kier molecular flexibility index (Phi) is 8.78. The summed E-state index contributed by atoms with van der Waals surface area (Å²) >= 11 is 0. The van der Waals surface area contributed by atoms with Gasteiger partial charge in [0.25, 0.3) is 0 Å². The number of esters is 1. The van der Waals surface area contributed by atoms with Crippen molar-refractivity contribution in [3.8, 4) is 5.75 Å². The molecule has 46 heavy (non-hydrogen) atoms. The number of carbonyl (C=O) groups is 4.